The number of hydrogen-bond acceptors (Lipinski definition) is 5. The molecule has 0 aliphatic rings. The van der Waals surface area contributed by atoms with Crippen LogP contribution < -0.4 is 15.4 Å². The Morgan fingerprint density at radius 1 is 0.962 bits per heavy atom. The Hall–Kier alpha value is -2.79. The van der Waals surface area contributed by atoms with Crippen LogP contribution in [0.1, 0.15) is 19.4 Å². The van der Waals surface area contributed by atoms with Crippen LogP contribution in [0.2, 0.25) is 5.02 Å². The molecular formula is C20H21ClN4O. The molecule has 2 N–H and O–H groups in total. The maximum atomic E-state index is 6.18. The Kier molecular flexibility index (Phi) is 5.58. The summed E-state index contributed by atoms with van der Waals surface area (Å²) in [4.78, 5) is 8.82. The Morgan fingerprint density at radius 2 is 1.73 bits per heavy atom. The molecule has 2 aromatic carbocycles. The number of para-hydroxylation sites is 2. The van der Waals surface area contributed by atoms with E-state index in [4.69, 9.17) is 16.3 Å². The van der Waals surface area contributed by atoms with E-state index in [1.807, 2.05) is 69.3 Å². The summed E-state index contributed by atoms with van der Waals surface area (Å²) in [6, 6.07) is 15.3. The third-order valence-corrected chi connectivity index (χ3v) is 4.09. The van der Waals surface area contributed by atoms with E-state index >= 15 is 0 Å². The van der Waals surface area contributed by atoms with E-state index < -0.39 is 0 Å². The molecule has 0 amide bonds. The number of benzene rings is 2. The molecule has 134 valence electrons. The van der Waals surface area contributed by atoms with Gasteiger partial charge in [0.15, 0.2) is 0 Å². The Labute approximate surface area is 158 Å². The van der Waals surface area contributed by atoms with Crippen molar-refractivity contribution in [2.75, 3.05) is 10.6 Å². The van der Waals surface area contributed by atoms with E-state index in [-0.39, 0.29) is 6.10 Å². The number of nitrogens with zero attached hydrogens (tertiary/aromatic N) is 2. The van der Waals surface area contributed by atoms with Crippen molar-refractivity contribution in [3.8, 4) is 5.75 Å². The number of ether oxygens (including phenoxy) is 1. The molecule has 0 spiro atoms. The first-order chi connectivity index (χ1) is 12.5. The monoisotopic (exact) mass is 368 g/mol. The summed E-state index contributed by atoms with van der Waals surface area (Å²) in [7, 11) is 0. The zero-order chi connectivity index (χ0) is 18.5. The SMILES string of the molecule is Cc1c(Cl)cccc1Nc1ccnc(Nc2ccccc2OC(C)C)n1. The van der Waals surface area contributed by atoms with Crippen LogP contribution in [0.3, 0.4) is 0 Å². The minimum Gasteiger partial charge on any atom is -0.489 e. The zero-order valence-electron chi connectivity index (χ0n) is 15.0. The van der Waals surface area contributed by atoms with Crippen LogP contribution in [0.4, 0.5) is 23.1 Å². The molecule has 0 saturated heterocycles. The Morgan fingerprint density at radius 3 is 2.54 bits per heavy atom. The molecule has 0 aliphatic carbocycles. The summed E-state index contributed by atoms with van der Waals surface area (Å²) in [6.07, 6.45) is 1.78. The Bertz CT molecular complexity index is 898. The summed E-state index contributed by atoms with van der Waals surface area (Å²) in [5, 5.41) is 7.21. The lowest BCUT2D eigenvalue weighted by atomic mass is 10.2. The average molecular weight is 369 g/mol. The van der Waals surface area contributed by atoms with Crippen LogP contribution in [0.5, 0.6) is 5.75 Å². The van der Waals surface area contributed by atoms with Crippen molar-refractivity contribution < 1.29 is 4.74 Å². The van der Waals surface area contributed by atoms with Gasteiger partial charge in [-0.15, -0.1) is 0 Å². The molecule has 1 heterocycles. The highest BCUT2D eigenvalue weighted by Gasteiger charge is 2.08. The summed E-state index contributed by atoms with van der Waals surface area (Å²) < 4.78 is 5.82. The summed E-state index contributed by atoms with van der Waals surface area (Å²) in [5.41, 5.74) is 2.70. The lowest BCUT2D eigenvalue weighted by Crippen LogP contribution is -2.08. The smallest absolute Gasteiger partial charge is 0.229 e. The minimum absolute atomic E-state index is 0.0812. The third kappa shape index (κ3) is 4.43. The highest BCUT2D eigenvalue weighted by atomic mass is 35.5. The average Bonchev–Trinajstić information content (AvgIpc) is 2.61. The lowest BCUT2D eigenvalue weighted by Gasteiger charge is -2.15. The second kappa shape index (κ2) is 8.06. The first kappa shape index (κ1) is 18.0. The van der Waals surface area contributed by atoms with Gasteiger partial charge in [0.05, 0.1) is 11.8 Å². The van der Waals surface area contributed by atoms with Gasteiger partial charge in [0.2, 0.25) is 5.95 Å². The van der Waals surface area contributed by atoms with Crippen molar-refractivity contribution in [1.82, 2.24) is 9.97 Å². The molecule has 0 atom stereocenters. The molecule has 6 heteroatoms. The molecule has 5 nitrogen and oxygen atoms in total. The summed E-state index contributed by atoms with van der Waals surface area (Å²) in [5.74, 6) is 1.92. The molecule has 0 radical (unpaired) electrons. The van der Waals surface area contributed by atoms with Crippen molar-refractivity contribution in [2.24, 2.45) is 0 Å². The number of halogens is 1. The van der Waals surface area contributed by atoms with Crippen molar-refractivity contribution in [3.05, 3.63) is 65.3 Å². The third-order valence-electron chi connectivity index (χ3n) is 3.68. The van der Waals surface area contributed by atoms with Crippen molar-refractivity contribution in [2.45, 2.75) is 26.9 Å². The van der Waals surface area contributed by atoms with E-state index in [1.54, 1.807) is 6.20 Å². The van der Waals surface area contributed by atoms with Gasteiger partial charge in [0, 0.05) is 16.9 Å². The molecule has 0 fully saturated rings. The van der Waals surface area contributed by atoms with Gasteiger partial charge < -0.3 is 15.4 Å². The quantitative estimate of drug-likeness (QED) is 0.583. The van der Waals surface area contributed by atoms with Gasteiger partial charge in [-0.1, -0.05) is 29.8 Å². The fraction of sp³-hybridized carbons (Fsp3) is 0.200. The number of hydrogen-bond donors (Lipinski definition) is 2. The second-order valence-electron chi connectivity index (χ2n) is 6.09. The van der Waals surface area contributed by atoms with Crippen molar-refractivity contribution in [1.29, 1.82) is 0 Å². The predicted octanol–water partition coefficient (Wildman–Crippen LogP) is 5.71. The van der Waals surface area contributed by atoms with Gasteiger partial charge in [-0.05, 0) is 56.7 Å². The number of anilines is 4. The number of rotatable bonds is 6. The molecule has 0 unspecified atom stereocenters. The predicted molar refractivity (Wildman–Crippen MR) is 107 cm³/mol. The van der Waals surface area contributed by atoms with Gasteiger partial charge >= 0.3 is 0 Å². The van der Waals surface area contributed by atoms with Gasteiger partial charge in [0.1, 0.15) is 11.6 Å². The summed E-state index contributed by atoms with van der Waals surface area (Å²) >= 11 is 6.18. The molecule has 0 aliphatic heterocycles. The topological polar surface area (TPSA) is 59.1 Å². The molecular weight excluding hydrogens is 348 g/mol. The standard InChI is InChI=1S/C20H21ClN4O/c1-13(2)26-18-10-5-4-8-17(18)24-20-22-12-11-19(25-20)23-16-9-6-7-15(21)14(16)3/h4-13H,1-3H3,(H2,22,23,24,25). The highest BCUT2D eigenvalue weighted by Crippen LogP contribution is 2.28. The van der Waals surface area contributed by atoms with Crippen LogP contribution in [0.25, 0.3) is 0 Å². The van der Waals surface area contributed by atoms with E-state index in [0.29, 0.717) is 16.8 Å². The zero-order valence-corrected chi connectivity index (χ0v) is 15.7. The fourth-order valence-electron chi connectivity index (χ4n) is 2.42. The second-order valence-corrected chi connectivity index (χ2v) is 6.50. The molecule has 26 heavy (non-hydrogen) atoms. The van der Waals surface area contributed by atoms with Crippen molar-refractivity contribution >= 4 is 34.7 Å². The van der Waals surface area contributed by atoms with Crippen LogP contribution in [0, 0.1) is 6.92 Å². The molecule has 3 rings (SSSR count). The van der Waals surface area contributed by atoms with Crippen LogP contribution >= 0.6 is 11.6 Å². The summed E-state index contributed by atoms with van der Waals surface area (Å²) in [6.45, 7) is 5.95. The molecule has 1 aromatic heterocycles. The van der Waals surface area contributed by atoms with E-state index in [2.05, 4.69) is 20.6 Å². The lowest BCUT2D eigenvalue weighted by molar-refractivity contribution is 0.244. The van der Waals surface area contributed by atoms with Gasteiger partial charge in [-0.3, -0.25) is 0 Å². The number of nitrogens with one attached hydrogen (secondary N) is 2. The fourth-order valence-corrected chi connectivity index (χ4v) is 2.59. The van der Waals surface area contributed by atoms with E-state index in [9.17, 15) is 0 Å². The maximum absolute atomic E-state index is 6.18. The highest BCUT2D eigenvalue weighted by molar-refractivity contribution is 6.31. The minimum atomic E-state index is 0.0812. The molecule has 0 bridgehead atoms. The largest absolute Gasteiger partial charge is 0.489 e. The van der Waals surface area contributed by atoms with Crippen LogP contribution in [-0.4, -0.2) is 16.1 Å². The van der Waals surface area contributed by atoms with Crippen molar-refractivity contribution in [3.63, 3.8) is 0 Å². The molecule has 3 aromatic rings. The van der Waals surface area contributed by atoms with E-state index in [1.165, 1.54) is 0 Å². The molecule has 0 saturated carbocycles. The normalized spacial score (nSPS) is 10.7. The van der Waals surface area contributed by atoms with Crippen LogP contribution in [0.15, 0.2) is 54.7 Å². The maximum Gasteiger partial charge on any atom is 0.229 e. The first-order valence-corrected chi connectivity index (χ1v) is 8.78. The Balaban J connectivity index is 1.81. The van der Waals surface area contributed by atoms with Crippen LogP contribution in [-0.2, 0) is 0 Å². The van der Waals surface area contributed by atoms with Gasteiger partial charge in [0.25, 0.3) is 0 Å². The van der Waals surface area contributed by atoms with E-state index in [0.717, 1.165) is 22.7 Å². The van der Waals surface area contributed by atoms with Gasteiger partial charge in [-0.2, -0.15) is 4.98 Å². The number of aromatic nitrogens is 2. The first-order valence-electron chi connectivity index (χ1n) is 8.41. The van der Waals surface area contributed by atoms with Gasteiger partial charge in [-0.25, -0.2) is 4.98 Å².